The highest BCUT2D eigenvalue weighted by atomic mass is 79.9. The molecule has 35 heavy (non-hydrogen) atoms. The van der Waals surface area contributed by atoms with Crippen LogP contribution < -0.4 is 14.8 Å². The maximum absolute atomic E-state index is 11.8. The van der Waals surface area contributed by atoms with E-state index in [0.29, 0.717) is 34.6 Å². The summed E-state index contributed by atoms with van der Waals surface area (Å²) in [5, 5.41) is 14.0. The Labute approximate surface area is 217 Å². The molecule has 0 radical (unpaired) electrons. The molecule has 2 N–H and O–H groups in total. The molecule has 5 rings (SSSR count). The quantitative estimate of drug-likeness (QED) is 0.308. The molecule has 0 saturated carbocycles. The first-order valence-corrected chi connectivity index (χ1v) is 12.6. The molecule has 0 aromatic heterocycles. The molecule has 2 aliphatic rings. The molecule has 7 heteroatoms. The number of fused-ring (bicyclic) bond motifs is 3. The molecule has 0 saturated heterocycles. The minimum atomic E-state index is -0.919. The molecule has 1 aliphatic carbocycles. The first-order chi connectivity index (χ1) is 16.9. The Hall–Kier alpha value is -2.96. The molecule has 3 aromatic carbocycles. The van der Waals surface area contributed by atoms with Gasteiger partial charge in [0.1, 0.15) is 6.61 Å². The van der Waals surface area contributed by atoms with Crippen molar-refractivity contribution >= 4 is 39.2 Å². The molecular weight excluding hydrogens is 530 g/mol. The van der Waals surface area contributed by atoms with E-state index in [-0.39, 0.29) is 12.0 Å². The van der Waals surface area contributed by atoms with Crippen molar-refractivity contribution in [1.29, 1.82) is 0 Å². The van der Waals surface area contributed by atoms with Crippen LogP contribution in [0.5, 0.6) is 11.5 Å². The minimum absolute atomic E-state index is 0.0203. The predicted octanol–water partition coefficient (Wildman–Crippen LogP) is 7.52. The molecule has 3 aromatic rings. The molecule has 1 aliphatic heterocycles. The van der Waals surface area contributed by atoms with Crippen LogP contribution in [0, 0.1) is 12.8 Å². The lowest BCUT2D eigenvalue weighted by molar-refractivity contribution is 0.0696. The maximum Gasteiger partial charge on any atom is 0.336 e. The average Bonchev–Trinajstić information content (AvgIpc) is 3.33. The largest absolute Gasteiger partial charge is 0.493 e. The Morgan fingerprint density at radius 2 is 2.03 bits per heavy atom. The lowest BCUT2D eigenvalue weighted by Gasteiger charge is -2.39. The van der Waals surface area contributed by atoms with Gasteiger partial charge >= 0.3 is 5.97 Å². The number of aromatic carboxylic acids is 1. The number of allylic oxidation sites excluding steroid dienone is 2. The van der Waals surface area contributed by atoms with E-state index in [0.717, 1.165) is 38.8 Å². The number of halogens is 2. The van der Waals surface area contributed by atoms with Crippen molar-refractivity contribution in [2.45, 2.75) is 31.9 Å². The van der Waals surface area contributed by atoms with Gasteiger partial charge in [0.15, 0.2) is 11.5 Å². The summed E-state index contributed by atoms with van der Waals surface area (Å²) >= 11 is 9.98. The SMILES string of the molecule is COc1cc([C@@H]2Nc3c(ccc(C(=O)O)c3C)[C@H]3C=CC[C@@H]32)cc(Br)c1OCc1ccccc1Cl. The fourth-order valence-electron chi connectivity index (χ4n) is 5.20. The number of methoxy groups -OCH3 is 1. The van der Waals surface area contributed by atoms with E-state index in [9.17, 15) is 9.90 Å². The van der Waals surface area contributed by atoms with E-state index in [2.05, 4.69) is 39.5 Å². The van der Waals surface area contributed by atoms with Crippen LogP contribution >= 0.6 is 27.5 Å². The highest BCUT2D eigenvalue weighted by Gasteiger charge is 2.39. The van der Waals surface area contributed by atoms with Crippen LogP contribution in [-0.4, -0.2) is 18.2 Å². The summed E-state index contributed by atoms with van der Waals surface area (Å²) in [6, 6.07) is 15.3. The summed E-state index contributed by atoms with van der Waals surface area (Å²) in [5.74, 6) is 0.838. The van der Waals surface area contributed by atoms with Crippen LogP contribution in [-0.2, 0) is 6.61 Å². The van der Waals surface area contributed by atoms with Gasteiger partial charge in [-0.25, -0.2) is 4.79 Å². The zero-order valence-electron chi connectivity index (χ0n) is 19.3. The van der Waals surface area contributed by atoms with Crippen LogP contribution in [0.4, 0.5) is 5.69 Å². The van der Waals surface area contributed by atoms with Gasteiger partial charge in [-0.3, -0.25) is 0 Å². The van der Waals surface area contributed by atoms with Crippen molar-refractivity contribution in [1.82, 2.24) is 0 Å². The van der Waals surface area contributed by atoms with E-state index in [1.54, 1.807) is 13.2 Å². The van der Waals surface area contributed by atoms with Gasteiger partial charge in [0.2, 0.25) is 0 Å². The van der Waals surface area contributed by atoms with E-state index in [4.69, 9.17) is 21.1 Å². The van der Waals surface area contributed by atoms with Crippen LogP contribution in [0.3, 0.4) is 0 Å². The Balaban J connectivity index is 1.50. The summed E-state index contributed by atoms with van der Waals surface area (Å²) in [7, 11) is 1.63. The fraction of sp³-hybridized carbons (Fsp3) is 0.250. The van der Waals surface area contributed by atoms with Crippen LogP contribution in [0.1, 0.15) is 51.0 Å². The summed E-state index contributed by atoms with van der Waals surface area (Å²) in [6.07, 6.45) is 5.39. The molecule has 5 nitrogen and oxygen atoms in total. The fourth-order valence-corrected chi connectivity index (χ4v) is 5.97. The molecule has 0 fully saturated rings. The third-order valence-electron chi connectivity index (χ3n) is 6.97. The smallest absolute Gasteiger partial charge is 0.336 e. The van der Waals surface area contributed by atoms with Gasteiger partial charge in [-0.2, -0.15) is 0 Å². The highest BCUT2D eigenvalue weighted by molar-refractivity contribution is 9.10. The van der Waals surface area contributed by atoms with E-state index in [1.807, 2.05) is 43.3 Å². The summed E-state index contributed by atoms with van der Waals surface area (Å²) < 4.78 is 12.6. The van der Waals surface area contributed by atoms with Crippen molar-refractivity contribution in [2.75, 3.05) is 12.4 Å². The second-order valence-corrected chi connectivity index (χ2v) is 10.2. The number of carboxylic acid groups (broad SMARTS) is 1. The molecule has 180 valence electrons. The van der Waals surface area contributed by atoms with Crippen molar-refractivity contribution in [2.24, 2.45) is 5.92 Å². The van der Waals surface area contributed by atoms with Crippen LogP contribution in [0.25, 0.3) is 0 Å². The van der Waals surface area contributed by atoms with E-state index in [1.165, 1.54) is 0 Å². The standard InChI is InChI=1S/C28H25BrClNO4/c1-15-18(28(32)33)10-11-21-19-7-5-8-20(19)26(31-25(15)21)17-12-22(29)27(24(13-17)34-2)35-14-16-6-3-4-9-23(16)30/h3-7,9-13,19-20,26,31H,8,14H2,1-2H3,(H,32,33)/t19-,20-,26-/m0/s1. The normalized spacial score (nSPS) is 20.1. The average molecular weight is 555 g/mol. The maximum atomic E-state index is 11.8. The van der Waals surface area contributed by atoms with Crippen molar-refractivity contribution in [3.63, 3.8) is 0 Å². The first kappa shape index (κ1) is 23.8. The zero-order chi connectivity index (χ0) is 24.7. The van der Waals surface area contributed by atoms with Crippen LogP contribution in [0.2, 0.25) is 5.02 Å². The van der Waals surface area contributed by atoms with Crippen molar-refractivity contribution in [3.05, 3.63) is 98.0 Å². The monoisotopic (exact) mass is 553 g/mol. The van der Waals surface area contributed by atoms with E-state index >= 15 is 0 Å². The zero-order valence-corrected chi connectivity index (χ0v) is 21.7. The Morgan fingerprint density at radius 3 is 2.77 bits per heavy atom. The number of nitrogens with one attached hydrogen (secondary N) is 1. The van der Waals surface area contributed by atoms with Crippen LogP contribution in [0.15, 0.2) is 65.2 Å². The molecule has 0 amide bonds. The highest BCUT2D eigenvalue weighted by Crippen LogP contribution is 2.52. The first-order valence-electron chi connectivity index (χ1n) is 11.4. The van der Waals surface area contributed by atoms with Gasteiger partial charge in [0, 0.05) is 22.2 Å². The van der Waals surface area contributed by atoms with Gasteiger partial charge in [-0.1, -0.05) is 48.0 Å². The second-order valence-electron chi connectivity index (χ2n) is 8.90. The number of rotatable bonds is 6. The van der Waals surface area contributed by atoms with Gasteiger partial charge in [0.05, 0.1) is 23.2 Å². The van der Waals surface area contributed by atoms with Crippen molar-refractivity contribution in [3.8, 4) is 11.5 Å². The molecule has 0 bridgehead atoms. The molecule has 3 atom stereocenters. The lowest BCUT2D eigenvalue weighted by atomic mass is 9.76. The Kier molecular flexibility index (Phi) is 6.51. The Bertz CT molecular complexity index is 1340. The predicted molar refractivity (Wildman–Crippen MR) is 141 cm³/mol. The number of benzene rings is 3. The number of hydrogen-bond donors (Lipinski definition) is 2. The van der Waals surface area contributed by atoms with Crippen molar-refractivity contribution < 1.29 is 19.4 Å². The van der Waals surface area contributed by atoms with Gasteiger partial charge in [-0.05, 0) is 76.1 Å². The summed E-state index contributed by atoms with van der Waals surface area (Å²) in [4.78, 5) is 11.8. The minimum Gasteiger partial charge on any atom is -0.493 e. The number of carboxylic acids is 1. The third kappa shape index (κ3) is 4.30. The summed E-state index contributed by atoms with van der Waals surface area (Å²) in [5.41, 5.74) is 5.05. The lowest BCUT2D eigenvalue weighted by Crippen LogP contribution is -2.30. The third-order valence-corrected chi connectivity index (χ3v) is 7.93. The van der Waals surface area contributed by atoms with Gasteiger partial charge in [-0.15, -0.1) is 0 Å². The molecule has 0 unspecified atom stereocenters. The molecular formula is C28H25BrClNO4. The van der Waals surface area contributed by atoms with E-state index < -0.39 is 5.97 Å². The summed E-state index contributed by atoms with van der Waals surface area (Å²) in [6.45, 7) is 2.18. The van der Waals surface area contributed by atoms with Gasteiger partial charge < -0.3 is 19.9 Å². The number of hydrogen-bond acceptors (Lipinski definition) is 4. The Morgan fingerprint density at radius 1 is 1.23 bits per heavy atom. The number of ether oxygens (including phenoxy) is 2. The van der Waals surface area contributed by atoms with Gasteiger partial charge in [0.25, 0.3) is 0 Å². The number of carbonyl (C=O) groups is 1. The topological polar surface area (TPSA) is 67.8 Å². The second kappa shape index (κ2) is 9.59. The number of anilines is 1. The molecule has 0 spiro atoms. The molecule has 1 heterocycles.